The van der Waals surface area contributed by atoms with Crippen LogP contribution in [0.2, 0.25) is 0 Å². The fourth-order valence-electron chi connectivity index (χ4n) is 4.17. The quantitative estimate of drug-likeness (QED) is 0.381. The van der Waals surface area contributed by atoms with E-state index in [4.69, 9.17) is 4.98 Å². The lowest BCUT2D eigenvalue weighted by Gasteiger charge is -2.31. The topological polar surface area (TPSA) is 67.1 Å². The third-order valence-electron chi connectivity index (χ3n) is 5.71. The summed E-state index contributed by atoms with van der Waals surface area (Å²) in [4.78, 5) is 17.2. The number of fused-ring (bicyclic) bond motifs is 1. The van der Waals surface area contributed by atoms with Crippen LogP contribution in [0, 0.1) is 3.57 Å². The average molecular weight is 531 g/mol. The van der Waals surface area contributed by atoms with Crippen molar-refractivity contribution < 1.29 is 5.11 Å². The second kappa shape index (κ2) is 8.60. The number of rotatable bonds is 5. The maximum absolute atomic E-state index is 9.68. The number of thiazole rings is 1. The summed E-state index contributed by atoms with van der Waals surface area (Å²) < 4.78 is 3.56. The Hall–Kier alpha value is -2.04. The van der Waals surface area contributed by atoms with Crippen LogP contribution >= 0.6 is 33.9 Å². The Morgan fingerprint density at radius 1 is 1.10 bits per heavy atom. The van der Waals surface area contributed by atoms with Gasteiger partial charge in [-0.2, -0.15) is 0 Å². The number of benzene rings is 1. The van der Waals surface area contributed by atoms with Gasteiger partial charge in [-0.15, -0.1) is 11.3 Å². The van der Waals surface area contributed by atoms with E-state index >= 15 is 0 Å². The fraction of sp³-hybridized carbons (Fsp3) is 0.318. The van der Waals surface area contributed by atoms with E-state index in [0.717, 1.165) is 56.1 Å². The number of halogens is 1. The number of imidazole rings is 1. The van der Waals surface area contributed by atoms with Crippen LogP contribution in [0.4, 0.5) is 0 Å². The highest BCUT2D eigenvalue weighted by Gasteiger charge is 2.23. The molecular formula is C22H22IN5OS. The number of hydrogen-bond donors (Lipinski definition) is 1. The first-order valence-corrected chi connectivity index (χ1v) is 12.0. The first-order chi connectivity index (χ1) is 14.7. The second-order valence-electron chi connectivity index (χ2n) is 7.69. The van der Waals surface area contributed by atoms with Gasteiger partial charge < -0.3 is 9.67 Å². The van der Waals surface area contributed by atoms with Crippen LogP contribution in [0.25, 0.3) is 11.0 Å². The summed E-state index contributed by atoms with van der Waals surface area (Å²) in [5.41, 5.74) is 5.12. The van der Waals surface area contributed by atoms with E-state index < -0.39 is 0 Å². The standard InChI is InChI=1S/C22H22IN5OS/c23-16-4-5-19-20(10-16)28(12-17-11-24-14-30-17)21(25-19)13-27-8-6-15(7-9-27)18-2-1-3-22(29)26-18/h1-5,10-11,14-15H,6-9,12-13H2,(H,26,29). The number of piperidine rings is 1. The van der Waals surface area contributed by atoms with Crippen molar-refractivity contribution in [2.24, 2.45) is 0 Å². The smallest absolute Gasteiger partial charge is 0.210 e. The summed E-state index contributed by atoms with van der Waals surface area (Å²) in [5.74, 6) is 1.63. The molecule has 5 rings (SSSR count). The molecule has 0 spiro atoms. The molecular weight excluding hydrogens is 509 g/mol. The van der Waals surface area contributed by atoms with Gasteiger partial charge in [0.2, 0.25) is 5.88 Å². The molecule has 1 aromatic carbocycles. The Kier molecular flexibility index (Phi) is 5.70. The molecule has 8 heteroatoms. The summed E-state index contributed by atoms with van der Waals surface area (Å²) in [6.45, 7) is 3.65. The normalized spacial score (nSPS) is 15.8. The summed E-state index contributed by atoms with van der Waals surface area (Å²) >= 11 is 4.05. The lowest BCUT2D eigenvalue weighted by Crippen LogP contribution is -2.33. The highest BCUT2D eigenvalue weighted by molar-refractivity contribution is 14.1. The first kappa shape index (κ1) is 19.9. The van der Waals surface area contributed by atoms with Crippen molar-refractivity contribution in [2.75, 3.05) is 13.1 Å². The van der Waals surface area contributed by atoms with Gasteiger partial charge in [-0.1, -0.05) is 6.07 Å². The molecule has 0 bridgehead atoms. The number of likely N-dealkylation sites (tertiary alicyclic amines) is 1. The minimum absolute atomic E-state index is 0.112. The molecule has 0 amide bonds. The maximum Gasteiger partial charge on any atom is 0.210 e. The summed E-state index contributed by atoms with van der Waals surface area (Å²) in [5, 5.41) is 9.68. The number of aromatic nitrogens is 4. The number of pyridine rings is 1. The fourth-order valence-corrected chi connectivity index (χ4v) is 5.23. The van der Waals surface area contributed by atoms with Gasteiger partial charge in [-0.05, 0) is 72.8 Å². The van der Waals surface area contributed by atoms with E-state index in [0.29, 0.717) is 5.92 Å². The minimum Gasteiger partial charge on any atom is -0.493 e. The van der Waals surface area contributed by atoms with Gasteiger partial charge in [0, 0.05) is 32.3 Å². The van der Waals surface area contributed by atoms with Gasteiger partial charge in [0.15, 0.2) is 0 Å². The van der Waals surface area contributed by atoms with Gasteiger partial charge in [0.1, 0.15) is 5.82 Å². The average Bonchev–Trinajstić information content (AvgIpc) is 3.37. The highest BCUT2D eigenvalue weighted by Crippen LogP contribution is 2.29. The van der Waals surface area contributed by atoms with E-state index in [1.807, 2.05) is 23.8 Å². The highest BCUT2D eigenvalue weighted by atomic mass is 127. The van der Waals surface area contributed by atoms with Crippen molar-refractivity contribution in [1.29, 1.82) is 0 Å². The molecule has 0 radical (unpaired) electrons. The van der Waals surface area contributed by atoms with Gasteiger partial charge in [-0.3, -0.25) is 9.88 Å². The molecule has 4 heterocycles. The summed E-state index contributed by atoms with van der Waals surface area (Å²) in [6, 6.07) is 12.0. The lowest BCUT2D eigenvalue weighted by molar-refractivity contribution is 0.197. The second-order valence-corrected chi connectivity index (χ2v) is 9.90. The van der Waals surface area contributed by atoms with Crippen molar-refractivity contribution in [3.63, 3.8) is 0 Å². The molecule has 1 saturated heterocycles. The first-order valence-electron chi connectivity index (χ1n) is 10.1. The van der Waals surface area contributed by atoms with Crippen LogP contribution in [-0.2, 0) is 13.1 Å². The monoisotopic (exact) mass is 531 g/mol. The van der Waals surface area contributed by atoms with E-state index in [1.165, 1.54) is 14.0 Å². The van der Waals surface area contributed by atoms with E-state index in [-0.39, 0.29) is 5.88 Å². The predicted octanol–water partition coefficient (Wildman–Crippen LogP) is 4.63. The predicted molar refractivity (Wildman–Crippen MR) is 127 cm³/mol. The van der Waals surface area contributed by atoms with Crippen molar-refractivity contribution in [1.82, 2.24) is 24.4 Å². The largest absolute Gasteiger partial charge is 0.493 e. The zero-order valence-electron chi connectivity index (χ0n) is 16.4. The molecule has 0 aliphatic carbocycles. The molecule has 6 nitrogen and oxygen atoms in total. The molecule has 3 aromatic heterocycles. The van der Waals surface area contributed by atoms with E-state index in [2.05, 4.69) is 60.2 Å². The molecule has 1 N–H and O–H groups in total. The molecule has 0 atom stereocenters. The van der Waals surface area contributed by atoms with Gasteiger partial charge in [0.05, 0.1) is 29.6 Å². The Balaban J connectivity index is 1.35. The molecule has 0 unspecified atom stereocenters. The zero-order valence-corrected chi connectivity index (χ0v) is 19.4. The lowest BCUT2D eigenvalue weighted by atomic mass is 9.93. The van der Waals surface area contributed by atoms with Gasteiger partial charge >= 0.3 is 0 Å². The molecule has 1 fully saturated rings. The molecule has 1 aliphatic heterocycles. The zero-order chi connectivity index (χ0) is 20.5. The molecule has 4 aromatic rings. The number of aromatic hydroxyl groups is 1. The van der Waals surface area contributed by atoms with Gasteiger partial charge in [-0.25, -0.2) is 9.97 Å². The van der Waals surface area contributed by atoms with Crippen LogP contribution in [0.1, 0.15) is 35.2 Å². The third kappa shape index (κ3) is 4.21. The summed E-state index contributed by atoms with van der Waals surface area (Å²) in [6.07, 6.45) is 4.04. The minimum atomic E-state index is 0.112. The van der Waals surface area contributed by atoms with Crippen molar-refractivity contribution in [3.8, 4) is 5.88 Å². The number of hydrogen-bond acceptors (Lipinski definition) is 6. The van der Waals surface area contributed by atoms with Gasteiger partial charge in [0.25, 0.3) is 0 Å². The van der Waals surface area contributed by atoms with Crippen molar-refractivity contribution >= 4 is 45.0 Å². The Bertz CT molecular complexity index is 1150. The molecule has 0 saturated carbocycles. The van der Waals surface area contributed by atoms with E-state index in [9.17, 15) is 5.11 Å². The van der Waals surface area contributed by atoms with Crippen molar-refractivity contribution in [3.05, 3.63) is 68.1 Å². The van der Waals surface area contributed by atoms with Crippen LogP contribution < -0.4 is 0 Å². The maximum atomic E-state index is 9.68. The third-order valence-corrected chi connectivity index (χ3v) is 7.15. The van der Waals surface area contributed by atoms with Crippen LogP contribution in [0.15, 0.2) is 48.1 Å². The Morgan fingerprint density at radius 2 is 1.97 bits per heavy atom. The van der Waals surface area contributed by atoms with E-state index in [1.54, 1.807) is 17.4 Å². The Morgan fingerprint density at radius 3 is 2.73 bits per heavy atom. The SMILES string of the molecule is Oc1cccc(C2CCN(Cc3nc4ccc(I)cc4n3Cc3cncs3)CC2)n1. The van der Waals surface area contributed by atoms with Crippen LogP contribution in [0.5, 0.6) is 5.88 Å². The molecule has 154 valence electrons. The number of nitrogens with zero attached hydrogens (tertiary/aromatic N) is 5. The molecule has 1 aliphatic rings. The van der Waals surface area contributed by atoms with Crippen LogP contribution in [-0.4, -0.2) is 42.6 Å². The van der Waals surface area contributed by atoms with Crippen LogP contribution in [0.3, 0.4) is 0 Å². The molecule has 30 heavy (non-hydrogen) atoms. The van der Waals surface area contributed by atoms with Crippen molar-refractivity contribution in [2.45, 2.75) is 31.8 Å². The Labute approximate surface area is 192 Å². The summed E-state index contributed by atoms with van der Waals surface area (Å²) in [7, 11) is 0.